The third kappa shape index (κ3) is 2.68. The highest BCUT2D eigenvalue weighted by Gasteiger charge is 2.76. The van der Waals surface area contributed by atoms with E-state index in [0.29, 0.717) is 5.69 Å². The van der Waals surface area contributed by atoms with E-state index in [9.17, 15) is 9.59 Å². The monoisotopic (exact) mass is 484 g/mol. The lowest BCUT2D eigenvalue weighted by molar-refractivity contribution is -0.178. The Morgan fingerprint density at radius 1 is 0.622 bits per heavy atom. The predicted molar refractivity (Wildman–Crippen MR) is 141 cm³/mol. The standard InChI is InChI=1S/C32H24N2O3/c35-29-32(24-15-7-2-8-16-24,25-17-9-3-10-18-25)31(23-13-5-1-6-14-23)22-21-27-28(34(29)31)33(30(36)37-27)26-19-11-4-12-20-26/h1-22,27-28H/t27-,28+,31-/m0/s1. The Morgan fingerprint density at radius 3 is 1.65 bits per heavy atom. The molecule has 3 heterocycles. The van der Waals surface area contributed by atoms with Crippen molar-refractivity contribution >= 4 is 17.7 Å². The molecule has 5 nitrogen and oxygen atoms in total. The quantitative estimate of drug-likeness (QED) is 0.279. The second-order valence-corrected chi connectivity index (χ2v) is 9.62. The number of hydrogen-bond acceptors (Lipinski definition) is 3. The van der Waals surface area contributed by atoms with E-state index in [0.717, 1.165) is 16.7 Å². The smallest absolute Gasteiger partial charge is 0.416 e. The maximum absolute atomic E-state index is 14.8. The molecule has 0 bridgehead atoms. The first kappa shape index (κ1) is 21.6. The van der Waals surface area contributed by atoms with Gasteiger partial charge in [0, 0.05) is 5.69 Å². The zero-order chi connectivity index (χ0) is 25.0. The zero-order valence-corrected chi connectivity index (χ0v) is 20.0. The van der Waals surface area contributed by atoms with Crippen LogP contribution in [0.2, 0.25) is 0 Å². The van der Waals surface area contributed by atoms with E-state index in [1.807, 2.05) is 120 Å². The fourth-order valence-electron chi connectivity index (χ4n) is 6.51. The molecular formula is C32H24N2O3. The Balaban J connectivity index is 1.53. The van der Waals surface area contributed by atoms with E-state index in [1.165, 1.54) is 0 Å². The number of amides is 2. The summed E-state index contributed by atoms with van der Waals surface area (Å²) in [6.45, 7) is 0. The number of anilines is 1. The number of fused-ring (bicyclic) bond motifs is 3. The van der Waals surface area contributed by atoms with Crippen molar-refractivity contribution < 1.29 is 14.3 Å². The lowest BCUT2D eigenvalue weighted by Gasteiger charge is -2.68. The van der Waals surface area contributed by atoms with Gasteiger partial charge in [0.25, 0.3) is 0 Å². The van der Waals surface area contributed by atoms with Crippen LogP contribution >= 0.6 is 0 Å². The molecule has 4 aromatic carbocycles. The molecule has 3 aliphatic rings. The van der Waals surface area contributed by atoms with Crippen LogP contribution in [0.4, 0.5) is 10.5 Å². The van der Waals surface area contributed by atoms with Crippen molar-refractivity contribution in [3.8, 4) is 0 Å². The van der Waals surface area contributed by atoms with Gasteiger partial charge in [-0.15, -0.1) is 0 Å². The fraction of sp³-hybridized carbons (Fsp3) is 0.125. The predicted octanol–water partition coefficient (Wildman–Crippen LogP) is 5.63. The number of para-hydroxylation sites is 1. The number of hydrogen-bond donors (Lipinski definition) is 0. The first-order chi connectivity index (χ1) is 18.2. The Morgan fingerprint density at radius 2 is 1.11 bits per heavy atom. The van der Waals surface area contributed by atoms with E-state index >= 15 is 0 Å². The minimum Gasteiger partial charge on any atom is -0.437 e. The molecule has 37 heavy (non-hydrogen) atoms. The summed E-state index contributed by atoms with van der Waals surface area (Å²) < 4.78 is 5.80. The number of β-lactam (4-membered cyclic amide) rings is 1. The van der Waals surface area contributed by atoms with Crippen LogP contribution in [0.1, 0.15) is 16.7 Å². The average molecular weight is 485 g/mol. The van der Waals surface area contributed by atoms with E-state index < -0.39 is 29.3 Å². The van der Waals surface area contributed by atoms with Crippen LogP contribution < -0.4 is 4.90 Å². The Bertz CT molecular complexity index is 1470. The summed E-state index contributed by atoms with van der Waals surface area (Å²) in [5.41, 5.74) is 1.59. The van der Waals surface area contributed by atoms with Gasteiger partial charge >= 0.3 is 6.09 Å². The normalized spacial score (nSPS) is 25.2. The molecule has 5 heteroatoms. The topological polar surface area (TPSA) is 49.9 Å². The van der Waals surface area contributed by atoms with Crippen molar-refractivity contribution in [1.29, 1.82) is 0 Å². The summed E-state index contributed by atoms with van der Waals surface area (Å²) in [6, 6.07) is 39.5. The van der Waals surface area contributed by atoms with Gasteiger partial charge in [-0.3, -0.25) is 9.69 Å². The van der Waals surface area contributed by atoms with Gasteiger partial charge in [0.05, 0.1) is 0 Å². The van der Waals surface area contributed by atoms with Gasteiger partial charge in [-0.1, -0.05) is 115 Å². The third-order valence-corrected chi connectivity index (χ3v) is 7.94. The highest BCUT2D eigenvalue weighted by atomic mass is 16.6. The van der Waals surface area contributed by atoms with Crippen LogP contribution in [0.3, 0.4) is 0 Å². The minimum absolute atomic E-state index is 0.0627. The molecule has 180 valence electrons. The molecule has 4 aromatic rings. The first-order valence-corrected chi connectivity index (χ1v) is 12.4. The van der Waals surface area contributed by atoms with Crippen molar-refractivity contribution in [2.75, 3.05) is 4.90 Å². The molecule has 0 unspecified atom stereocenters. The molecule has 0 spiro atoms. The number of nitrogens with zero attached hydrogens (tertiary/aromatic N) is 2. The number of rotatable bonds is 4. The van der Waals surface area contributed by atoms with E-state index in [-0.39, 0.29) is 5.91 Å². The van der Waals surface area contributed by atoms with Crippen molar-refractivity contribution in [2.24, 2.45) is 0 Å². The van der Waals surface area contributed by atoms with Crippen LogP contribution in [0.25, 0.3) is 0 Å². The van der Waals surface area contributed by atoms with Gasteiger partial charge in [-0.2, -0.15) is 0 Å². The van der Waals surface area contributed by atoms with Gasteiger partial charge in [-0.25, -0.2) is 4.79 Å². The summed E-state index contributed by atoms with van der Waals surface area (Å²) in [5, 5.41) is 0. The molecule has 2 fully saturated rings. The highest BCUT2D eigenvalue weighted by molar-refractivity contribution is 6.05. The van der Waals surface area contributed by atoms with Gasteiger partial charge in [0.2, 0.25) is 5.91 Å². The van der Waals surface area contributed by atoms with Crippen molar-refractivity contribution in [3.05, 3.63) is 150 Å². The number of carbonyl (C=O) groups is 2. The zero-order valence-electron chi connectivity index (χ0n) is 20.0. The molecular weight excluding hydrogens is 460 g/mol. The maximum atomic E-state index is 14.8. The van der Waals surface area contributed by atoms with Crippen LogP contribution in [0.15, 0.2) is 133 Å². The second-order valence-electron chi connectivity index (χ2n) is 9.62. The molecule has 7 rings (SSSR count). The fourth-order valence-corrected chi connectivity index (χ4v) is 6.51. The van der Waals surface area contributed by atoms with Crippen LogP contribution in [0, 0.1) is 0 Å². The summed E-state index contributed by atoms with van der Waals surface area (Å²) in [5.74, 6) is -0.0627. The molecule has 0 aliphatic carbocycles. The van der Waals surface area contributed by atoms with Gasteiger partial charge < -0.3 is 9.64 Å². The lowest BCUT2D eigenvalue weighted by Crippen LogP contribution is -2.83. The molecule has 3 atom stereocenters. The summed E-state index contributed by atoms with van der Waals surface area (Å²) in [7, 11) is 0. The maximum Gasteiger partial charge on any atom is 0.416 e. The summed E-state index contributed by atoms with van der Waals surface area (Å²) >= 11 is 0. The highest BCUT2D eigenvalue weighted by Crippen LogP contribution is 2.64. The summed E-state index contributed by atoms with van der Waals surface area (Å²) in [6.07, 6.45) is 2.39. The Kier molecular flexibility index (Phi) is 4.64. The molecule has 0 radical (unpaired) electrons. The average Bonchev–Trinajstić information content (AvgIpc) is 3.29. The van der Waals surface area contributed by atoms with E-state index in [2.05, 4.69) is 18.2 Å². The molecule has 2 amide bonds. The second kappa shape index (κ2) is 7.93. The van der Waals surface area contributed by atoms with Crippen molar-refractivity contribution in [1.82, 2.24) is 4.90 Å². The Labute approximate surface area is 215 Å². The number of carbonyl (C=O) groups excluding carboxylic acids is 2. The van der Waals surface area contributed by atoms with Gasteiger partial charge in [0.15, 0.2) is 12.3 Å². The molecule has 0 saturated carbocycles. The van der Waals surface area contributed by atoms with Crippen molar-refractivity contribution in [3.63, 3.8) is 0 Å². The first-order valence-electron chi connectivity index (χ1n) is 12.4. The van der Waals surface area contributed by atoms with Crippen molar-refractivity contribution in [2.45, 2.75) is 23.2 Å². The SMILES string of the molecule is O=C1O[C@H]2C=C[C@@]3(c4ccccc4)N(C(=O)C3(c3ccccc3)c3ccccc3)[C@H]2N1c1ccccc1. The van der Waals surface area contributed by atoms with Crippen LogP contribution in [-0.2, 0) is 20.5 Å². The number of ether oxygens (including phenoxy) is 1. The van der Waals surface area contributed by atoms with E-state index in [4.69, 9.17) is 4.74 Å². The van der Waals surface area contributed by atoms with Gasteiger partial charge in [-0.05, 0) is 34.9 Å². The Hall–Kier alpha value is -4.64. The third-order valence-electron chi connectivity index (χ3n) is 7.94. The molecule has 0 aromatic heterocycles. The van der Waals surface area contributed by atoms with Gasteiger partial charge in [0.1, 0.15) is 11.0 Å². The van der Waals surface area contributed by atoms with Crippen LogP contribution in [0.5, 0.6) is 0 Å². The molecule has 3 aliphatic heterocycles. The largest absolute Gasteiger partial charge is 0.437 e. The molecule has 0 N–H and O–H groups in total. The van der Waals surface area contributed by atoms with E-state index in [1.54, 1.807) is 4.90 Å². The molecule has 2 saturated heterocycles. The lowest BCUT2D eigenvalue weighted by atomic mass is 9.50. The summed E-state index contributed by atoms with van der Waals surface area (Å²) in [4.78, 5) is 31.5. The minimum atomic E-state index is -1.02. The van der Waals surface area contributed by atoms with Crippen LogP contribution in [-0.4, -0.2) is 29.2 Å². The number of benzene rings is 4.